The summed E-state index contributed by atoms with van der Waals surface area (Å²) in [6.07, 6.45) is -7.77. The minimum Gasteiger partial charge on any atom is -0.466 e. The number of anilines is 1. The number of nitrogens with zero attached hydrogens (tertiary/aromatic N) is 5. The molecule has 2 heterocycles. The summed E-state index contributed by atoms with van der Waals surface area (Å²) in [7, 11) is 0. The van der Waals surface area contributed by atoms with Gasteiger partial charge in [0.2, 0.25) is 0 Å². The molecule has 0 unspecified atom stereocenters. The van der Waals surface area contributed by atoms with E-state index in [1.54, 1.807) is 6.92 Å². The van der Waals surface area contributed by atoms with Gasteiger partial charge in [0.25, 0.3) is 11.6 Å². The van der Waals surface area contributed by atoms with Crippen molar-refractivity contribution in [2.24, 2.45) is 0 Å². The van der Waals surface area contributed by atoms with E-state index in [1.165, 1.54) is 6.92 Å². The number of nitrogens with two attached hydrogens (primary N) is 1. The second-order valence-electron chi connectivity index (χ2n) is 5.61. The number of alkyl halides is 6. The second-order valence-corrected chi connectivity index (χ2v) is 5.61. The average molecular weight is 492 g/mol. The van der Waals surface area contributed by atoms with Crippen LogP contribution in [0.5, 0.6) is 0 Å². The Labute approximate surface area is 187 Å². The van der Waals surface area contributed by atoms with Gasteiger partial charge in [0.1, 0.15) is 6.20 Å². The van der Waals surface area contributed by atoms with Gasteiger partial charge in [-0.15, -0.1) is 9.97 Å². The van der Waals surface area contributed by atoms with Crippen LogP contribution in [0.15, 0.2) is 24.5 Å². The van der Waals surface area contributed by atoms with Gasteiger partial charge in [0.05, 0.1) is 28.3 Å². The lowest BCUT2D eigenvalue weighted by Gasteiger charge is -2.07. The number of carbonyl (C=O) groups excluding carboxylic acids is 1. The first kappa shape index (κ1) is 29.5. The Morgan fingerprint density at radius 3 is 1.82 bits per heavy atom. The Morgan fingerprint density at radius 2 is 1.50 bits per heavy atom. The predicted molar refractivity (Wildman–Crippen MR) is 104 cm³/mol. The molecule has 0 aliphatic carbocycles. The van der Waals surface area contributed by atoms with Crippen molar-refractivity contribution in [3.8, 4) is 0 Å². The number of halogens is 6. The smallest absolute Gasteiger partial charge is 0.409 e. The van der Waals surface area contributed by atoms with Gasteiger partial charge in [0, 0.05) is 13.0 Å². The quantitative estimate of drug-likeness (QED) is 0.196. The van der Waals surface area contributed by atoms with Crippen LogP contribution in [0.3, 0.4) is 0 Å². The van der Waals surface area contributed by atoms with Gasteiger partial charge in [-0.3, -0.25) is 14.9 Å². The average Bonchev–Trinajstić information content (AvgIpc) is 2.72. The number of carbonyl (C=O) groups is 1. The number of hydrogen-bond donors (Lipinski definition) is 1. The van der Waals surface area contributed by atoms with Crippen LogP contribution in [0.4, 0.5) is 49.4 Å². The van der Waals surface area contributed by atoms with E-state index < -0.39 is 45.7 Å². The van der Waals surface area contributed by atoms with E-state index >= 15 is 0 Å². The molecule has 0 saturated carbocycles. The van der Waals surface area contributed by atoms with Crippen LogP contribution in [0, 0.1) is 23.3 Å². The molecule has 0 aliphatic heterocycles. The number of pyridine rings is 2. The molecular weight excluding hydrogens is 478 g/mol. The molecule has 0 aliphatic rings. The maximum absolute atomic E-state index is 12.3. The van der Waals surface area contributed by atoms with Crippen molar-refractivity contribution in [1.82, 2.24) is 9.97 Å². The molecule has 2 aromatic rings. The molecule has 0 aromatic carbocycles. The first-order chi connectivity index (χ1) is 15.6. The summed E-state index contributed by atoms with van der Waals surface area (Å²) in [5, 5.41) is 10.2. The molecule has 0 atom stereocenters. The lowest BCUT2D eigenvalue weighted by atomic mass is 10.2. The highest BCUT2D eigenvalue weighted by atomic mass is 19.4. The van der Waals surface area contributed by atoms with Crippen LogP contribution in [-0.4, -0.2) is 27.5 Å². The minimum atomic E-state index is -4.82. The molecule has 2 aromatic heterocycles. The fraction of sp³-hybridized carbons (Fsp3) is 0.278. The van der Waals surface area contributed by atoms with Gasteiger partial charge >= 0.3 is 24.0 Å². The minimum absolute atomic E-state index is 0.111. The van der Waals surface area contributed by atoms with Crippen molar-refractivity contribution >= 4 is 29.0 Å². The molecule has 0 saturated heterocycles. The zero-order valence-corrected chi connectivity index (χ0v) is 17.2. The zero-order chi connectivity index (χ0) is 26.7. The molecule has 2 N–H and O–H groups in total. The monoisotopic (exact) mass is 492 g/mol. The van der Waals surface area contributed by atoms with E-state index in [-0.39, 0.29) is 11.7 Å². The molecule has 0 spiro atoms. The Bertz CT molecular complexity index is 1110. The Balaban J connectivity index is 0.000000524. The van der Waals surface area contributed by atoms with E-state index in [0.29, 0.717) is 24.9 Å². The predicted octanol–water partition coefficient (Wildman–Crippen LogP) is 5.36. The van der Waals surface area contributed by atoms with Crippen LogP contribution in [-0.2, 0) is 21.9 Å². The number of nitrogen functional groups attached to an aromatic ring is 1. The topological polar surface area (TPSA) is 130 Å². The van der Waals surface area contributed by atoms with E-state index in [9.17, 15) is 41.3 Å². The molecule has 0 fully saturated rings. The number of hydrogen-bond acceptors (Lipinski definition) is 7. The van der Waals surface area contributed by atoms with Crippen LogP contribution in [0.1, 0.15) is 25.0 Å². The summed E-state index contributed by atoms with van der Waals surface area (Å²) in [5.41, 5.74) is 1.71. The van der Waals surface area contributed by atoms with Crippen LogP contribution in [0.2, 0.25) is 0 Å². The van der Waals surface area contributed by atoms with Gasteiger partial charge in [0.15, 0.2) is 6.20 Å². The fourth-order valence-electron chi connectivity index (χ4n) is 1.82. The summed E-state index contributed by atoms with van der Waals surface area (Å²) in [6.45, 7) is 16.5. The normalized spacial score (nSPS) is 10.3. The van der Waals surface area contributed by atoms with Crippen molar-refractivity contribution in [3.63, 3.8) is 0 Å². The van der Waals surface area contributed by atoms with Crippen molar-refractivity contribution in [1.29, 1.82) is 0 Å². The van der Waals surface area contributed by atoms with Gasteiger partial charge in [-0.1, -0.05) is 13.1 Å². The molecule has 182 valence electrons. The highest BCUT2D eigenvalue weighted by molar-refractivity contribution is 5.65. The zero-order valence-electron chi connectivity index (χ0n) is 17.2. The van der Waals surface area contributed by atoms with Gasteiger partial charge in [-0.2, -0.15) is 26.3 Å². The fourth-order valence-corrected chi connectivity index (χ4v) is 1.82. The first-order valence-electron chi connectivity index (χ1n) is 8.51. The largest absolute Gasteiger partial charge is 0.466 e. The van der Waals surface area contributed by atoms with Gasteiger partial charge < -0.3 is 20.2 Å². The SMILES string of the molecule is CCOC(C)=O.[C-]#[N+]c1ncc(N)cc1C(F)(F)F.[C-]#[N+]c1ncc([N+](=O)[O-])cc1C(F)(F)F. The Hall–Kier alpha value is -4.47. The van der Waals surface area contributed by atoms with Crippen molar-refractivity contribution in [3.05, 3.63) is 68.6 Å². The third kappa shape index (κ3) is 9.77. The third-order valence-corrected chi connectivity index (χ3v) is 3.12. The maximum Gasteiger partial charge on any atom is 0.409 e. The maximum atomic E-state index is 12.3. The summed E-state index contributed by atoms with van der Waals surface area (Å²) in [5.74, 6) is -1.78. The number of aromatic nitrogens is 2. The molecule has 16 heteroatoms. The molecular formula is C18H14F6N6O4. The van der Waals surface area contributed by atoms with E-state index in [4.69, 9.17) is 18.9 Å². The van der Waals surface area contributed by atoms with Gasteiger partial charge in [-0.25, -0.2) is 0 Å². The molecule has 0 amide bonds. The number of nitro groups is 1. The Kier molecular flexibility index (Phi) is 10.9. The number of ether oxygens (including phenoxy) is 1. The van der Waals surface area contributed by atoms with Crippen molar-refractivity contribution in [2.45, 2.75) is 26.2 Å². The second kappa shape index (κ2) is 12.5. The summed E-state index contributed by atoms with van der Waals surface area (Å²) < 4.78 is 77.8. The lowest BCUT2D eigenvalue weighted by Crippen LogP contribution is -2.06. The number of esters is 1. The van der Waals surface area contributed by atoms with E-state index in [2.05, 4.69) is 24.4 Å². The van der Waals surface area contributed by atoms with Gasteiger partial charge in [-0.05, 0) is 13.0 Å². The molecule has 0 radical (unpaired) electrons. The third-order valence-electron chi connectivity index (χ3n) is 3.12. The Morgan fingerprint density at radius 1 is 1.06 bits per heavy atom. The highest BCUT2D eigenvalue weighted by Crippen LogP contribution is 2.37. The summed E-state index contributed by atoms with van der Waals surface area (Å²) >= 11 is 0. The lowest BCUT2D eigenvalue weighted by molar-refractivity contribution is -0.385. The highest BCUT2D eigenvalue weighted by Gasteiger charge is 2.36. The first-order valence-corrected chi connectivity index (χ1v) is 8.51. The molecule has 2 rings (SSSR count). The molecule has 0 bridgehead atoms. The standard InChI is InChI=1S/C7H2F3N3O2.C7H4F3N3.C4H8O2/c1-11-6-5(7(8,9)10)2-4(3-12-6)13(14)15;1-12-6-5(7(8,9)10)2-4(11)3-13-6;1-3-6-4(2)5/h2-3H;2-3H,11H2;3H2,1-2H3. The van der Waals surface area contributed by atoms with Crippen molar-refractivity contribution < 1.29 is 40.8 Å². The summed E-state index contributed by atoms with van der Waals surface area (Å²) in [6, 6.07) is 0.987. The van der Waals surface area contributed by atoms with Crippen molar-refractivity contribution in [2.75, 3.05) is 12.3 Å². The number of rotatable bonds is 2. The van der Waals surface area contributed by atoms with Crippen LogP contribution >= 0.6 is 0 Å². The summed E-state index contributed by atoms with van der Waals surface area (Å²) in [4.78, 5) is 30.5. The van der Waals surface area contributed by atoms with E-state index in [1.807, 2.05) is 0 Å². The molecule has 10 nitrogen and oxygen atoms in total. The van der Waals surface area contributed by atoms with Crippen LogP contribution in [0.25, 0.3) is 9.69 Å². The molecule has 34 heavy (non-hydrogen) atoms. The van der Waals surface area contributed by atoms with E-state index in [0.717, 1.165) is 6.20 Å². The van der Waals surface area contributed by atoms with Crippen LogP contribution < -0.4 is 5.73 Å².